The van der Waals surface area contributed by atoms with Gasteiger partial charge in [0.25, 0.3) is 5.91 Å². The summed E-state index contributed by atoms with van der Waals surface area (Å²) in [6.45, 7) is 4.98. The molecule has 0 N–H and O–H groups in total. The second-order valence-electron chi connectivity index (χ2n) is 7.35. The Kier molecular flexibility index (Phi) is 5.31. The van der Waals surface area contributed by atoms with Crippen LogP contribution in [0.5, 0.6) is 0 Å². The average Bonchev–Trinajstić information content (AvgIpc) is 2.80. The van der Waals surface area contributed by atoms with Gasteiger partial charge in [0.15, 0.2) is 9.84 Å². The van der Waals surface area contributed by atoms with Gasteiger partial charge in [-0.3, -0.25) is 9.59 Å². The van der Waals surface area contributed by atoms with Crippen molar-refractivity contribution in [2.24, 2.45) is 0 Å². The number of rotatable bonds is 4. The van der Waals surface area contributed by atoms with Crippen molar-refractivity contribution in [1.82, 2.24) is 9.80 Å². The minimum absolute atomic E-state index is 0.0868. The van der Waals surface area contributed by atoms with Crippen molar-refractivity contribution < 1.29 is 22.7 Å². The van der Waals surface area contributed by atoms with Crippen LogP contribution in [0.25, 0.3) is 0 Å². The molecule has 2 saturated heterocycles. The molecule has 7 nitrogen and oxygen atoms in total. The van der Waals surface area contributed by atoms with E-state index < -0.39 is 20.5 Å². The molecule has 0 aromatic heterocycles. The molecule has 148 valence electrons. The summed E-state index contributed by atoms with van der Waals surface area (Å²) in [5, 5.41) is 0. The van der Waals surface area contributed by atoms with E-state index in [4.69, 9.17) is 4.74 Å². The highest BCUT2D eigenvalue weighted by Crippen LogP contribution is 2.40. The molecule has 1 aromatic rings. The number of piperidine rings is 1. The van der Waals surface area contributed by atoms with Crippen LogP contribution in [0.3, 0.4) is 0 Å². The molecule has 2 heterocycles. The molecule has 1 aromatic carbocycles. The average molecular weight is 394 g/mol. The van der Waals surface area contributed by atoms with Crippen LogP contribution in [0.15, 0.2) is 18.2 Å². The standard InChI is InChI=1S/C19H26N2O5S/c1-14-4-5-15(2)16(12-14)18(23)20-8-6-19(7-9-20)21(10-11-26-3)17(22)13-27(19,24)25/h4-5,12H,6-11,13H2,1-3H3. The molecule has 0 saturated carbocycles. The van der Waals surface area contributed by atoms with Gasteiger partial charge in [-0.1, -0.05) is 17.7 Å². The predicted octanol–water partition coefficient (Wildman–Crippen LogP) is 1.14. The fourth-order valence-electron chi connectivity index (χ4n) is 4.06. The number of sulfone groups is 1. The highest BCUT2D eigenvalue weighted by molar-refractivity contribution is 7.93. The Morgan fingerprint density at radius 1 is 1.22 bits per heavy atom. The highest BCUT2D eigenvalue weighted by atomic mass is 32.2. The lowest BCUT2D eigenvalue weighted by molar-refractivity contribution is -0.131. The molecular formula is C19H26N2O5S. The number of methoxy groups -OCH3 is 1. The van der Waals surface area contributed by atoms with Crippen LogP contribution < -0.4 is 0 Å². The molecule has 27 heavy (non-hydrogen) atoms. The van der Waals surface area contributed by atoms with Crippen molar-refractivity contribution in [1.29, 1.82) is 0 Å². The number of hydrogen-bond donors (Lipinski definition) is 0. The lowest BCUT2D eigenvalue weighted by Crippen LogP contribution is -2.57. The van der Waals surface area contributed by atoms with Crippen LogP contribution >= 0.6 is 0 Å². The third-order valence-corrected chi connectivity index (χ3v) is 8.07. The van der Waals surface area contributed by atoms with Crippen LogP contribution in [0.4, 0.5) is 0 Å². The second kappa shape index (κ2) is 7.24. The smallest absolute Gasteiger partial charge is 0.254 e. The van der Waals surface area contributed by atoms with E-state index in [1.54, 1.807) is 4.90 Å². The minimum atomic E-state index is -3.58. The first kappa shape index (κ1) is 19.8. The monoisotopic (exact) mass is 394 g/mol. The maximum absolute atomic E-state index is 12.9. The molecule has 2 aliphatic heterocycles. The Morgan fingerprint density at radius 3 is 2.52 bits per heavy atom. The van der Waals surface area contributed by atoms with Gasteiger partial charge in [-0.05, 0) is 25.5 Å². The van der Waals surface area contributed by atoms with E-state index in [-0.39, 0.29) is 37.8 Å². The number of carbonyl (C=O) groups excluding carboxylic acids is 2. The van der Waals surface area contributed by atoms with Gasteiger partial charge in [0, 0.05) is 45.1 Å². The number of aryl methyl sites for hydroxylation is 2. The Balaban J connectivity index is 1.81. The summed E-state index contributed by atoms with van der Waals surface area (Å²) in [5.74, 6) is -0.917. The summed E-state index contributed by atoms with van der Waals surface area (Å²) in [5.41, 5.74) is 2.55. The van der Waals surface area contributed by atoms with Crippen molar-refractivity contribution in [3.63, 3.8) is 0 Å². The molecule has 0 bridgehead atoms. The van der Waals surface area contributed by atoms with E-state index in [0.717, 1.165) is 11.1 Å². The third-order valence-electron chi connectivity index (χ3n) is 5.66. The van der Waals surface area contributed by atoms with Crippen molar-refractivity contribution in [2.45, 2.75) is 31.6 Å². The van der Waals surface area contributed by atoms with Gasteiger partial charge in [0.1, 0.15) is 10.6 Å². The van der Waals surface area contributed by atoms with Gasteiger partial charge in [-0.2, -0.15) is 0 Å². The zero-order chi connectivity index (χ0) is 19.8. The molecule has 3 rings (SSSR count). The Hall–Kier alpha value is -1.93. The van der Waals surface area contributed by atoms with Crippen LogP contribution in [0.1, 0.15) is 34.3 Å². The summed E-state index contributed by atoms with van der Waals surface area (Å²) in [4.78, 5) is 27.2. The lowest BCUT2D eigenvalue weighted by Gasteiger charge is -2.43. The predicted molar refractivity (Wildman–Crippen MR) is 101 cm³/mol. The number of nitrogens with zero attached hydrogens (tertiary/aromatic N) is 2. The van der Waals surface area contributed by atoms with Crippen molar-refractivity contribution in [3.8, 4) is 0 Å². The molecule has 2 aliphatic rings. The van der Waals surface area contributed by atoms with Gasteiger partial charge < -0.3 is 14.5 Å². The number of carbonyl (C=O) groups is 2. The number of hydrogen-bond acceptors (Lipinski definition) is 5. The van der Waals surface area contributed by atoms with Crippen LogP contribution in [-0.4, -0.2) is 74.0 Å². The van der Waals surface area contributed by atoms with Crippen molar-refractivity contribution in [2.75, 3.05) is 39.1 Å². The topological polar surface area (TPSA) is 84.0 Å². The van der Waals surface area contributed by atoms with E-state index in [9.17, 15) is 18.0 Å². The highest BCUT2D eigenvalue weighted by Gasteiger charge is 2.58. The fourth-order valence-corrected chi connectivity index (χ4v) is 6.14. The third kappa shape index (κ3) is 3.36. The summed E-state index contributed by atoms with van der Waals surface area (Å²) in [6.07, 6.45) is 0.475. The molecule has 0 atom stereocenters. The first-order chi connectivity index (χ1) is 12.7. The first-order valence-corrected chi connectivity index (χ1v) is 10.8. The largest absolute Gasteiger partial charge is 0.383 e. The van der Waals surface area contributed by atoms with Crippen molar-refractivity contribution >= 4 is 21.7 Å². The van der Waals surface area contributed by atoms with E-state index in [0.29, 0.717) is 18.7 Å². The quantitative estimate of drug-likeness (QED) is 0.765. The second-order valence-corrected chi connectivity index (χ2v) is 9.63. The lowest BCUT2D eigenvalue weighted by atomic mass is 9.99. The van der Waals surface area contributed by atoms with E-state index in [2.05, 4.69) is 0 Å². The normalized spacial score (nSPS) is 21.1. The molecule has 0 unspecified atom stereocenters. The summed E-state index contributed by atoms with van der Waals surface area (Å²) >= 11 is 0. The molecule has 2 amide bonds. The minimum Gasteiger partial charge on any atom is -0.383 e. The molecular weight excluding hydrogens is 368 g/mol. The molecule has 1 spiro atoms. The van der Waals surface area contributed by atoms with E-state index >= 15 is 0 Å². The number of ether oxygens (including phenoxy) is 1. The fraction of sp³-hybridized carbons (Fsp3) is 0.579. The van der Waals surface area contributed by atoms with E-state index in [1.165, 1.54) is 12.0 Å². The van der Waals surface area contributed by atoms with Gasteiger partial charge in [-0.15, -0.1) is 0 Å². The molecule has 0 aliphatic carbocycles. The van der Waals surface area contributed by atoms with Crippen LogP contribution in [0.2, 0.25) is 0 Å². The number of benzene rings is 1. The van der Waals surface area contributed by atoms with E-state index in [1.807, 2.05) is 32.0 Å². The van der Waals surface area contributed by atoms with Crippen LogP contribution in [-0.2, 0) is 19.4 Å². The SMILES string of the molecule is COCCN1C(=O)CS(=O)(=O)C12CCN(C(=O)c1cc(C)ccc1C)CC2. The summed E-state index contributed by atoms with van der Waals surface area (Å²) < 4.78 is 30.6. The van der Waals surface area contributed by atoms with Gasteiger partial charge in [-0.25, -0.2) is 8.42 Å². The van der Waals surface area contributed by atoms with Gasteiger partial charge in [0.05, 0.1) is 6.61 Å². The van der Waals surface area contributed by atoms with Gasteiger partial charge >= 0.3 is 0 Å². The maximum Gasteiger partial charge on any atom is 0.254 e. The molecule has 8 heteroatoms. The Bertz CT molecular complexity index is 857. The van der Waals surface area contributed by atoms with Crippen LogP contribution in [0, 0.1) is 13.8 Å². The number of likely N-dealkylation sites (tertiary alicyclic amines) is 1. The van der Waals surface area contributed by atoms with Gasteiger partial charge in [0.2, 0.25) is 5.91 Å². The first-order valence-electron chi connectivity index (χ1n) is 9.10. The summed E-state index contributed by atoms with van der Waals surface area (Å²) in [7, 11) is -2.06. The zero-order valence-corrected chi connectivity index (χ0v) is 16.8. The zero-order valence-electron chi connectivity index (χ0n) is 16.0. The van der Waals surface area contributed by atoms with Crippen molar-refractivity contribution in [3.05, 3.63) is 34.9 Å². The number of amides is 2. The summed E-state index contributed by atoms with van der Waals surface area (Å²) in [6, 6.07) is 5.74. The Morgan fingerprint density at radius 2 is 1.89 bits per heavy atom. The molecule has 0 radical (unpaired) electrons. The molecule has 2 fully saturated rings. The Labute approximate surface area is 160 Å². The maximum atomic E-state index is 12.9.